The predicted molar refractivity (Wildman–Crippen MR) is 58.3 cm³/mol. The van der Waals surface area contributed by atoms with Gasteiger partial charge in [-0.25, -0.2) is 0 Å². The number of alkyl halides is 1. The van der Waals surface area contributed by atoms with Gasteiger partial charge in [-0.1, -0.05) is 34.1 Å². The van der Waals surface area contributed by atoms with E-state index in [1.807, 2.05) is 6.07 Å². The van der Waals surface area contributed by atoms with Gasteiger partial charge >= 0.3 is 0 Å². The van der Waals surface area contributed by atoms with E-state index in [0.717, 1.165) is 0 Å². The van der Waals surface area contributed by atoms with Gasteiger partial charge in [-0.05, 0) is 13.0 Å². The molecular weight excluding hydrogens is 246 g/mol. The van der Waals surface area contributed by atoms with Crippen molar-refractivity contribution in [3.8, 4) is 5.75 Å². The number of hydrogen-bond donors (Lipinski definition) is 2. The van der Waals surface area contributed by atoms with Crippen molar-refractivity contribution in [2.45, 2.75) is 18.3 Å². The minimum atomic E-state index is -0.214. The lowest BCUT2D eigenvalue weighted by atomic mass is 10.2. The first-order valence-electron chi connectivity index (χ1n) is 4.30. The number of phenolic OH excluding ortho intramolecular Hbond substituents is 1. The molecule has 0 bridgehead atoms. The number of nitrogens with one attached hydrogen (secondary N) is 1. The zero-order chi connectivity index (χ0) is 10.6. The van der Waals surface area contributed by atoms with Crippen LogP contribution in [-0.4, -0.2) is 15.8 Å². The molecule has 0 aliphatic carbocycles. The highest BCUT2D eigenvalue weighted by molar-refractivity contribution is 9.10. The summed E-state index contributed by atoms with van der Waals surface area (Å²) in [5, 5.41) is 12.1. The second-order valence-electron chi connectivity index (χ2n) is 2.96. The third-order valence-electron chi connectivity index (χ3n) is 1.81. The van der Waals surface area contributed by atoms with Gasteiger partial charge < -0.3 is 10.4 Å². The van der Waals surface area contributed by atoms with Crippen LogP contribution in [-0.2, 0) is 11.3 Å². The number of halogens is 1. The van der Waals surface area contributed by atoms with E-state index < -0.39 is 0 Å². The van der Waals surface area contributed by atoms with Crippen molar-refractivity contribution in [1.82, 2.24) is 5.32 Å². The highest BCUT2D eigenvalue weighted by Crippen LogP contribution is 2.14. The molecular formula is C10H12BrNO2. The SMILES string of the molecule is CC(Br)C(=O)NCc1ccccc1O. The maximum Gasteiger partial charge on any atom is 0.233 e. The number of carbonyl (C=O) groups is 1. The van der Waals surface area contributed by atoms with Crippen LogP contribution in [0.2, 0.25) is 0 Å². The average molecular weight is 258 g/mol. The summed E-state index contributed by atoms with van der Waals surface area (Å²) in [5.41, 5.74) is 0.717. The van der Waals surface area contributed by atoms with E-state index in [0.29, 0.717) is 12.1 Å². The van der Waals surface area contributed by atoms with Gasteiger partial charge in [-0.2, -0.15) is 0 Å². The molecule has 0 fully saturated rings. The summed E-state index contributed by atoms with van der Waals surface area (Å²) in [6, 6.07) is 6.93. The number of rotatable bonds is 3. The number of phenols is 1. The fourth-order valence-corrected chi connectivity index (χ4v) is 1.15. The molecule has 0 aliphatic heterocycles. The summed E-state index contributed by atoms with van der Waals surface area (Å²) in [5.74, 6) is 0.114. The van der Waals surface area contributed by atoms with Crippen LogP contribution in [0.25, 0.3) is 0 Å². The lowest BCUT2D eigenvalue weighted by molar-refractivity contribution is -0.120. The number of carbonyl (C=O) groups excluding carboxylic acids is 1. The Morgan fingerprint density at radius 2 is 2.21 bits per heavy atom. The van der Waals surface area contributed by atoms with E-state index >= 15 is 0 Å². The Bertz CT molecular complexity index is 326. The van der Waals surface area contributed by atoms with E-state index in [9.17, 15) is 9.90 Å². The number of para-hydroxylation sites is 1. The fourth-order valence-electron chi connectivity index (χ4n) is 0.983. The van der Waals surface area contributed by atoms with Crippen LogP contribution < -0.4 is 5.32 Å². The summed E-state index contributed by atoms with van der Waals surface area (Å²) < 4.78 is 0. The Hall–Kier alpha value is -1.03. The molecule has 1 amide bonds. The first-order chi connectivity index (χ1) is 6.61. The van der Waals surface area contributed by atoms with Crippen LogP contribution in [0.3, 0.4) is 0 Å². The Balaban J connectivity index is 2.54. The van der Waals surface area contributed by atoms with Gasteiger partial charge in [0.05, 0.1) is 4.83 Å². The molecule has 0 heterocycles. The minimum Gasteiger partial charge on any atom is -0.508 e. The van der Waals surface area contributed by atoms with Gasteiger partial charge in [0.1, 0.15) is 5.75 Å². The molecule has 0 aliphatic rings. The first-order valence-corrected chi connectivity index (χ1v) is 5.21. The first kappa shape index (κ1) is 11.0. The Kier molecular flexibility index (Phi) is 3.95. The molecule has 1 aromatic rings. The van der Waals surface area contributed by atoms with Gasteiger partial charge in [0.15, 0.2) is 0 Å². The minimum absolute atomic E-state index is 0.0896. The lowest BCUT2D eigenvalue weighted by Gasteiger charge is -2.07. The fraction of sp³-hybridized carbons (Fsp3) is 0.300. The summed E-state index contributed by atoms with van der Waals surface area (Å²) >= 11 is 3.16. The quantitative estimate of drug-likeness (QED) is 0.812. The zero-order valence-electron chi connectivity index (χ0n) is 7.83. The van der Waals surface area contributed by atoms with E-state index in [1.54, 1.807) is 25.1 Å². The van der Waals surface area contributed by atoms with Crippen molar-refractivity contribution < 1.29 is 9.90 Å². The van der Waals surface area contributed by atoms with Gasteiger partial charge in [0, 0.05) is 12.1 Å². The van der Waals surface area contributed by atoms with Crippen LogP contribution in [0.1, 0.15) is 12.5 Å². The summed E-state index contributed by atoms with van der Waals surface area (Å²) in [6.07, 6.45) is 0. The Morgan fingerprint density at radius 1 is 1.57 bits per heavy atom. The summed E-state index contributed by atoms with van der Waals surface area (Å²) in [7, 11) is 0. The van der Waals surface area contributed by atoms with Gasteiger partial charge in [-0.3, -0.25) is 4.79 Å². The second kappa shape index (κ2) is 5.00. The van der Waals surface area contributed by atoms with Crippen molar-refractivity contribution in [2.24, 2.45) is 0 Å². The lowest BCUT2D eigenvalue weighted by Crippen LogP contribution is -2.28. The molecule has 0 aromatic heterocycles. The smallest absolute Gasteiger partial charge is 0.233 e. The van der Waals surface area contributed by atoms with Gasteiger partial charge in [0.25, 0.3) is 0 Å². The number of aromatic hydroxyl groups is 1. The van der Waals surface area contributed by atoms with Crippen LogP contribution >= 0.6 is 15.9 Å². The van der Waals surface area contributed by atoms with E-state index in [-0.39, 0.29) is 16.5 Å². The number of benzene rings is 1. The van der Waals surface area contributed by atoms with E-state index in [1.165, 1.54) is 0 Å². The largest absolute Gasteiger partial charge is 0.508 e. The van der Waals surface area contributed by atoms with Crippen LogP contribution in [0.5, 0.6) is 5.75 Å². The molecule has 1 rings (SSSR count). The summed E-state index contributed by atoms with van der Waals surface area (Å²) in [4.78, 5) is 11.0. The molecule has 4 heteroatoms. The van der Waals surface area contributed by atoms with Crippen LogP contribution in [0.15, 0.2) is 24.3 Å². The Labute approximate surface area is 91.3 Å². The molecule has 3 nitrogen and oxygen atoms in total. The van der Waals surface area contributed by atoms with Crippen LogP contribution in [0, 0.1) is 0 Å². The molecule has 0 spiro atoms. The zero-order valence-corrected chi connectivity index (χ0v) is 9.41. The highest BCUT2D eigenvalue weighted by Gasteiger charge is 2.08. The molecule has 2 N–H and O–H groups in total. The molecule has 76 valence electrons. The molecule has 1 unspecified atom stereocenters. The third kappa shape index (κ3) is 3.03. The maximum absolute atomic E-state index is 11.2. The van der Waals surface area contributed by atoms with E-state index in [4.69, 9.17) is 0 Å². The van der Waals surface area contributed by atoms with Gasteiger partial charge in [0.2, 0.25) is 5.91 Å². The van der Waals surface area contributed by atoms with Crippen molar-refractivity contribution >= 4 is 21.8 Å². The monoisotopic (exact) mass is 257 g/mol. The van der Waals surface area contributed by atoms with Crippen LogP contribution in [0.4, 0.5) is 0 Å². The molecule has 14 heavy (non-hydrogen) atoms. The van der Waals surface area contributed by atoms with Crippen molar-refractivity contribution in [2.75, 3.05) is 0 Å². The molecule has 1 atom stereocenters. The third-order valence-corrected chi connectivity index (χ3v) is 2.22. The normalized spacial score (nSPS) is 12.1. The van der Waals surface area contributed by atoms with Crippen molar-refractivity contribution in [1.29, 1.82) is 0 Å². The molecule has 0 radical (unpaired) electrons. The number of hydrogen-bond acceptors (Lipinski definition) is 2. The average Bonchev–Trinajstić information content (AvgIpc) is 2.16. The van der Waals surface area contributed by atoms with Crippen molar-refractivity contribution in [3.63, 3.8) is 0 Å². The maximum atomic E-state index is 11.2. The van der Waals surface area contributed by atoms with Crippen molar-refractivity contribution in [3.05, 3.63) is 29.8 Å². The molecule has 1 aromatic carbocycles. The second-order valence-corrected chi connectivity index (χ2v) is 4.34. The number of amides is 1. The highest BCUT2D eigenvalue weighted by atomic mass is 79.9. The Morgan fingerprint density at radius 3 is 2.79 bits per heavy atom. The topological polar surface area (TPSA) is 49.3 Å². The van der Waals surface area contributed by atoms with Gasteiger partial charge in [-0.15, -0.1) is 0 Å². The molecule has 0 saturated heterocycles. The standard InChI is InChI=1S/C10H12BrNO2/c1-7(11)10(14)12-6-8-4-2-3-5-9(8)13/h2-5,7,13H,6H2,1H3,(H,12,14). The van der Waals surface area contributed by atoms with E-state index in [2.05, 4.69) is 21.2 Å². The molecule has 0 saturated carbocycles. The summed E-state index contributed by atoms with van der Waals surface area (Å²) in [6.45, 7) is 2.10. The predicted octanol–water partition coefficient (Wildman–Crippen LogP) is 1.79.